The van der Waals surface area contributed by atoms with Crippen LogP contribution < -0.4 is 5.32 Å². The smallest absolute Gasteiger partial charge is 0.264 e. The summed E-state index contributed by atoms with van der Waals surface area (Å²) in [5, 5.41) is 13.3. The number of carbonyl (C=O) groups excluding carboxylic acids is 1. The normalized spacial score (nSPS) is 11.9. The molecule has 0 atom stereocenters. The van der Waals surface area contributed by atoms with Gasteiger partial charge in [0.05, 0.1) is 18.0 Å². The number of aryl methyl sites for hydroxylation is 1. The van der Waals surface area contributed by atoms with Crippen molar-refractivity contribution in [1.82, 2.24) is 20.1 Å². The molecule has 0 aliphatic heterocycles. The maximum atomic E-state index is 13.8. The van der Waals surface area contributed by atoms with Crippen LogP contribution in [-0.4, -0.2) is 26.6 Å². The zero-order chi connectivity index (χ0) is 20.6. The van der Waals surface area contributed by atoms with E-state index in [0.29, 0.717) is 16.1 Å². The quantitative estimate of drug-likeness (QED) is 0.484. The van der Waals surface area contributed by atoms with E-state index in [0.717, 1.165) is 17.9 Å². The maximum Gasteiger partial charge on any atom is 0.264 e. The Balaban J connectivity index is 0.00000256. The third kappa shape index (κ3) is 4.04. The highest BCUT2D eigenvalue weighted by Gasteiger charge is 2.26. The number of hydrogen-bond acceptors (Lipinski definition) is 5. The van der Waals surface area contributed by atoms with Crippen molar-refractivity contribution in [3.63, 3.8) is 0 Å². The van der Waals surface area contributed by atoms with Crippen LogP contribution in [0.1, 0.15) is 29.5 Å². The molecule has 0 radical (unpaired) electrons. The molecule has 6 nitrogen and oxygen atoms in total. The highest BCUT2D eigenvalue weighted by atomic mass is 32.1. The average Bonchev–Trinajstić information content (AvgIpc) is 3.39. The molecule has 4 aromatic rings. The first-order chi connectivity index (χ1) is 13.8. The summed E-state index contributed by atoms with van der Waals surface area (Å²) in [5.74, 6) is -2.83. The summed E-state index contributed by atoms with van der Waals surface area (Å²) in [5.41, 5.74) is 2.05. The van der Waals surface area contributed by atoms with Crippen molar-refractivity contribution in [2.75, 3.05) is 0 Å². The minimum atomic E-state index is -2.91. The molecule has 29 heavy (non-hydrogen) atoms. The number of benzene rings is 1. The Morgan fingerprint density at radius 1 is 1.31 bits per heavy atom. The summed E-state index contributed by atoms with van der Waals surface area (Å²) in [7, 11) is 0. The molecule has 0 aliphatic rings. The lowest BCUT2D eigenvalue weighted by Gasteiger charge is -2.14. The number of aromatic nitrogens is 3. The first-order valence-electron chi connectivity index (χ1n) is 8.93. The summed E-state index contributed by atoms with van der Waals surface area (Å²) in [6.07, 6.45) is 0. The molecule has 0 saturated heterocycles. The molecule has 0 spiro atoms. The van der Waals surface area contributed by atoms with E-state index >= 15 is 0 Å². The van der Waals surface area contributed by atoms with Crippen molar-refractivity contribution in [2.24, 2.45) is 0 Å². The van der Waals surface area contributed by atoms with Gasteiger partial charge >= 0.3 is 0 Å². The van der Waals surface area contributed by atoms with E-state index < -0.39 is 12.5 Å². The van der Waals surface area contributed by atoms with Crippen LogP contribution in [-0.2, 0) is 13.1 Å². The second-order valence-corrected chi connectivity index (χ2v) is 7.80. The van der Waals surface area contributed by atoms with Crippen molar-refractivity contribution in [3.8, 4) is 11.6 Å². The molecule has 0 unspecified atom stereocenters. The van der Waals surface area contributed by atoms with E-state index in [9.17, 15) is 13.6 Å². The number of amides is 1. The molecule has 0 saturated carbocycles. The van der Waals surface area contributed by atoms with Gasteiger partial charge in [0, 0.05) is 19.3 Å². The van der Waals surface area contributed by atoms with Crippen molar-refractivity contribution in [3.05, 3.63) is 58.1 Å². The average molecular weight is 418 g/mol. The van der Waals surface area contributed by atoms with Crippen LogP contribution in [0.15, 0.2) is 46.2 Å². The van der Waals surface area contributed by atoms with Crippen LogP contribution in [0.25, 0.3) is 22.5 Å². The lowest BCUT2D eigenvalue weighted by molar-refractivity contribution is 0.00540. The third-order valence-electron chi connectivity index (χ3n) is 4.43. The number of nitrogens with one attached hydrogen (secondary N) is 1. The highest BCUT2D eigenvalue weighted by Crippen LogP contribution is 2.32. The Bertz CT molecular complexity index is 1170. The van der Waals surface area contributed by atoms with Crippen LogP contribution >= 0.6 is 11.3 Å². The van der Waals surface area contributed by atoms with Gasteiger partial charge in [-0.1, -0.05) is 18.2 Å². The number of thiophene rings is 1. The fraction of sp³-hybridized carbons (Fsp3) is 0.250. The number of hydrogen-bond donors (Lipinski definition) is 1. The predicted molar refractivity (Wildman–Crippen MR) is 108 cm³/mol. The summed E-state index contributed by atoms with van der Waals surface area (Å²) in [4.78, 5) is 12.6. The fourth-order valence-electron chi connectivity index (χ4n) is 3.14. The van der Waals surface area contributed by atoms with Gasteiger partial charge in [-0.05, 0) is 36.1 Å². The van der Waals surface area contributed by atoms with E-state index in [-0.39, 0.29) is 25.7 Å². The summed E-state index contributed by atoms with van der Waals surface area (Å²) in [6, 6.07) is 10.8. The number of carbonyl (C=O) groups is 1. The number of alkyl halides is 2. The van der Waals surface area contributed by atoms with Gasteiger partial charge in [-0.3, -0.25) is 4.79 Å². The Morgan fingerprint density at radius 2 is 2.14 bits per heavy atom. The zero-order valence-corrected chi connectivity index (χ0v) is 16.6. The molecule has 4 rings (SSSR count). The molecular weight excluding hydrogens is 398 g/mol. The topological polar surface area (TPSA) is 73.0 Å². The predicted octanol–water partition coefficient (Wildman–Crippen LogP) is 4.89. The van der Waals surface area contributed by atoms with Gasteiger partial charge in [0.15, 0.2) is 0 Å². The fourth-order valence-corrected chi connectivity index (χ4v) is 3.78. The zero-order valence-electron chi connectivity index (χ0n) is 15.8. The molecule has 152 valence electrons. The van der Waals surface area contributed by atoms with Crippen LogP contribution in [0.5, 0.6) is 0 Å². The SMILES string of the molecule is Cc1cccc2c1cc(-c1nnc(CNC(=O)c3cccs3)o1)n2CC(C)(F)F.[HH]. The minimum Gasteiger partial charge on any atom is -0.417 e. The van der Waals surface area contributed by atoms with E-state index in [1.165, 1.54) is 15.9 Å². The molecule has 1 aromatic carbocycles. The molecule has 3 aromatic heterocycles. The molecule has 3 heterocycles. The second kappa shape index (κ2) is 7.40. The third-order valence-corrected chi connectivity index (χ3v) is 5.30. The van der Waals surface area contributed by atoms with Gasteiger partial charge < -0.3 is 14.3 Å². The highest BCUT2D eigenvalue weighted by molar-refractivity contribution is 7.12. The molecular formula is C20H20F2N4O2S. The van der Waals surface area contributed by atoms with Gasteiger partial charge in [0.2, 0.25) is 5.89 Å². The largest absolute Gasteiger partial charge is 0.417 e. The van der Waals surface area contributed by atoms with Gasteiger partial charge in [-0.15, -0.1) is 21.5 Å². The minimum absolute atomic E-state index is 0. The second-order valence-electron chi connectivity index (χ2n) is 6.85. The van der Waals surface area contributed by atoms with Crippen molar-refractivity contribution >= 4 is 28.1 Å². The number of rotatable bonds is 6. The molecule has 0 bridgehead atoms. The number of halogens is 2. The van der Waals surface area contributed by atoms with Crippen LogP contribution in [0.2, 0.25) is 0 Å². The standard InChI is InChI=1S/C20H18F2N4O2S.H2/c1-12-5-3-6-14-13(12)9-15(26(14)11-20(2,21)22)19-25-24-17(28-19)10-23-18(27)16-7-4-8-29-16;/h3-9H,10-11H2,1-2H3,(H,23,27);1H. The molecule has 9 heteroatoms. The Kier molecular flexibility index (Phi) is 4.91. The van der Waals surface area contributed by atoms with Gasteiger partial charge in [0.25, 0.3) is 17.7 Å². The van der Waals surface area contributed by atoms with Crippen LogP contribution in [0.4, 0.5) is 8.78 Å². The number of fused-ring (bicyclic) bond motifs is 1. The first kappa shape index (κ1) is 19.3. The van der Waals surface area contributed by atoms with Crippen molar-refractivity contribution in [2.45, 2.75) is 32.9 Å². The Labute approximate surface area is 170 Å². The molecule has 1 N–H and O–H groups in total. The van der Waals surface area contributed by atoms with E-state index in [1.54, 1.807) is 24.3 Å². The lowest BCUT2D eigenvalue weighted by atomic mass is 10.1. The van der Waals surface area contributed by atoms with Crippen molar-refractivity contribution < 1.29 is 19.4 Å². The van der Waals surface area contributed by atoms with E-state index in [2.05, 4.69) is 15.5 Å². The molecule has 1 amide bonds. The maximum absolute atomic E-state index is 13.8. The van der Waals surface area contributed by atoms with Gasteiger partial charge in [0.1, 0.15) is 5.69 Å². The van der Waals surface area contributed by atoms with E-state index in [4.69, 9.17) is 4.42 Å². The Hall–Kier alpha value is -3.07. The molecule has 0 aliphatic carbocycles. The Morgan fingerprint density at radius 3 is 2.86 bits per heavy atom. The molecule has 0 fully saturated rings. The van der Waals surface area contributed by atoms with Crippen molar-refractivity contribution in [1.29, 1.82) is 0 Å². The van der Waals surface area contributed by atoms with Gasteiger partial charge in [-0.2, -0.15) is 0 Å². The van der Waals surface area contributed by atoms with Crippen LogP contribution in [0, 0.1) is 6.92 Å². The van der Waals surface area contributed by atoms with E-state index in [1.807, 2.05) is 24.4 Å². The summed E-state index contributed by atoms with van der Waals surface area (Å²) >= 11 is 1.33. The lowest BCUT2D eigenvalue weighted by Crippen LogP contribution is -2.21. The van der Waals surface area contributed by atoms with Gasteiger partial charge in [-0.25, -0.2) is 8.78 Å². The first-order valence-corrected chi connectivity index (χ1v) is 9.81. The number of nitrogens with zero attached hydrogens (tertiary/aromatic N) is 3. The summed E-state index contributed by atoms with van der Waals surface area (Å²) in [6.45, 7) is 2.33. The summed E-state index contributed by atoms with van der Waals surface area (Å²) < 4.78 is 34.8. The monoisotopic (exact) mass is 418 g/mol. The van der Waals surface area contributed by atoms with Crippen LogP contribution in [0.3, 0.4) is 0 Å².